The van der Waals surface area contributed by atoms with Crippen molar-refractivity contribution in [3.05, 3.63) is 111 Å². The Morgan fingerprint density at radius 2 is 1.53 bits per heavy atom. The molecule has 1 aliphatic carbocycles. The summed E-state index contributed by atoms with van der Waals surface area (Å²) in [5, 5.41) is 1.72. The molecule has 0 unspecified atom stereocenters. The van der Waals surface area contributed by atoms with Gasteiger partial charge >= 0.3 is 0 Å². The van der Waals surface area contributed by atoms with Crippen LogP contribution in [0.5, 0.6) is 0 Å². The number of hydrogen-bond acceptors (Lipinski definition) is 2. The summed E-state index contributed by atoms with van der Waals surface area (Å²) in [6.07, 6.45) is 4.50. The lowest BCUT2D eigenvalue weighted by Gasteiger charge is -2.18. The number of rotatable bonds is 4. The Labute approximate surface area is 194 Å². The minimum absolute atomic E-state index is 0.0288. The van der Waals surface area contributed by atoms with Crippen molar-refractivity contribution < 1.29 is 18.0 Å². The van der Waals surface area contributed by atoms with E-state index in [1.165, 1.54) is 49.0 Å². The third kappa shape index (κ3) is 4.88. The molecule has 1 saturated carbocycles. The summed E-state index contributed by atoms with van der Waals surface area (Å²) in [6, 6.07) is 15.8. The highest BCUT2D eigenvalue weighted by Gasteiger charge is 2.24. The van der Waals surface area contributed by atoms with Gasteiger partial charge in [0.25, 0.3) is 11.5 Å². The lowest BCUT2D eigenvalue weighted by Crippen LogP contribution is -2.30. The number of hydrogen-bond donors (Lipinski definition) is 1. The highest BCUT2D eigenvalue weighted by Crippen LogP contribution is 2.26. The topological polar surface area (TPSA) is 51.1 Å². The number of halogens is 3. The van der Waals surface area contributed by atoms with Crippen LogP contribution in [0.2, 0.25) is 0 Å². The first-order valence-electron chi connectivity index (χ1n) is 11.0. The van der Waals surface area contributed by atoms with Crippen molar-refractivity contribution in [2.45, 2.75) is 32.7 Å². The zero-order chi connectivity index (χ0) is 24.2. The normalized spacial score (nSPS) is 12.1. The fourth-order valence-electron chi connectivity index (χ4n) is 3.65. The van der Waals surface area contributed by atoms with E-state index in [-0.39, 0.29) is 23.2 Å². The molecule has 0 atom stereocenters. The number of benzene rings is 3. The molecule has 174 valence electrons. The molecule has 0 radical (unpaired) electrons. The van der Waals surface area contributed by atoms with Gasteiger partial charge in [-0.1, -0.05) is 49.6 Å². The van der Waals surface area contributed by atoms with Gasteiger partial charge in [-0.2, -0.15) is 0 Å². The van der Waals surface area contributed by atoms with E-state index in [9.17, 15) is 22.8 Å². The molecule has 0 saturated heterocycles. The molecule has 1 N–H and O–H groups in total. The summed E-state index contributed by atoms with van der Waals surface area (Å²) in [5.74, 6) is -2.97. The van der Waals surface area contributed by atoms with E-state index in [1.54, 1.807) is 36.4 Å². The second-order valence-electron chi connectivity index (χ2n) is 8.09. The molecule has 34 heavy (non-hydrogen) atoms. The van der Waals surface area contributed by atoms with Gasteiger partial charge in [-0.3, -0.25) is 14.2 Å². The van der Waals surface area contributed by atoms with Gasteiger partial charge in [0.1, 0.15) is 17.5 Å². The maximum atomic E-state index is 14.8. The van der Waals surface area contributed by atoms with Gasteiger partial charge in [-0.05, 0) is 48.9 Å². The Morgan fingerprint density at radius 3 is 2.15 bits per heavy atom. The second-order valence-corrected chi connectivity index (χ2v) is 8.09. The van der Waals surface area contributed by atoms with E-state index in [0.29, 0.717) is 11.3 Å². The van der Waals surface area contributed by atoms with Gasteiger partial charge in [0.15, 0.2) is 0 Å². The van der Waals surface area contributed by atoms with Crippen LogP contribution >= 0.6 is 0 Å². The Balaban J connectivity index is 0.000000846. The van der Waals surface area contributed by atoms with E-state index >= 15 is 0 Å². The second kappa shape index (κ2) is 9.95. The average molecular weight is 464 g/mol. The Hall–Kier alpha value is -3.87. The number of amides is 1. The molecule has 1 aromatic heterocycles. The van der Waals surface area contributed by atoms with Crippen LogP contribution in [0.25, 0.3) is 16.5 Å². The highest BCUT2D eigenvalue weighted by molar-refractivity contribution is 6.08. The molecule has 1 fully saturated rings. The molecule has 5 rings (SSSR count). The molecule has 1 aliphatic rings. The fourth-order valence-corrected chi connectivity index (χ4v) is 3.65. The molecular formula is C27H23F3N2O2. The summed E-state index contributed by atoms with van der Waals surface area (Å²) in [6.45, 7) is 1.47. The zero-order valence-electron chi connectivity index (χ0n) is 18.6. The van der Waals surface area contributed by atoms with Gasteiger partial charge in [-0.25, -0.2) is 13.2 Å². The molecule has 4 nitrogen and oxygen atoms in total. The van der Waals surface area contributed by atoms with Crippen LogP contribution < -0.4 is 10.9 Å². The number of carbonyl (C=O) groups is 1. The van der Waals surface area contributed by atoms with Crippen LogP contribution in [-0.2, 0) is 6.54 Å². The maximum Gasteiger partial charge on any atom is 0.266 e. The number of para-hydroxylation sites is 1. The van der Waals surface area contributed by atoms with E-state index in [1.807, 2.05) is 0 Å². The van der Waals surface area contributed by atoms with E-state index < -0.39 is 34.3 Å². The smallest absolute Gasteiger partial charge is 0.266 e. The average Bonchev–Trinajstić information content (AvgIpc) is 3.70. The number of aromatic nitrogens is 1. The number of carbonyl (C=O) groups excluding carboxylic acids is 1. The lowest BCUT2D eigenvalue weighted by atomic mass is 10.0. The molecule has 0 spiro atoms. The Bertz CT molecular complexity index is 1410. The minimum Gasteiger partial charge on any atom is -0.348 e. The summed E-state index contributed by atoms with van der Waals surface area (Å²) in [4.78, 5) is 26.2. The number of nitrogens with one attached hydrogen (secondary N) is 1. The van der Waals surface area contributed by atoms with Crippen molar-refractivity contribution in [1.82, 2.24) is 9.88 Å². The zero-order valence-corrected chi connectivity index (χ0v) is 18.6. The number of nitrogens with zero attached hydrogens (tertiary/aromatic N) is 1. The molecule has 3 aromatic carbocycles. The molecule has 4 aromatic rings. The van der Waals surface area contributed by atoms with Crippen LogP contribution in [0.3, 0.4) is 0 Å². The van der Waals surface area contributed by atoms with Crippen LogP contribution in [0.1, 0.15) is 40.9 Å². The molecule has 1 heterocycles. The van der Waals surface area contributed by atoms with Crippen LogP contribution in [0, 0.1) is 24.4 Å². The van der Waals surface area contributed by atoms with Gasteiger partial charge in [0.2, 0.25) is 0 Å². The minimum atomic E-state index is -0.926. The van der Waals surface area contributed by atoms with Crippen molar-refractivity contribution >= 4 is 16.7 Å². The van der Waals surface area contributed by atoms with Gasteiger partial charge in [0, 0.05) is 23.3 Å². The molecule has 1 amide bonds. The third-order valence-corrected chi connectivity index (χ3v) is 5.40. The molecule has 0 aliphatic heterocycles. The summed E-state index contributed by atoms with van der Waals surface area (Å²) >= 11 is 0. The van der Waals surface area contributed by atoms with Crippen molar-refractivity contribution in [1.29, 1.82) is 0 Å². The molecule has 7 heteroatoms. The first-order valence-corrected chi connectivity index (χ1v) is 11.0. The molecule has 0 bridgehead atoms. The van der Waals surface area contributed by atoms with Crippen LogP contribution in [-0.4, -0.2) is 10.5 Å². The van der Waals surface area contributed by atoms with Crippen molar-refractivity contribution in [2.24, 2.45) is 0 Å². The first-order chi connectivity index (χ1) is 16.4. The van der Waals surface area contributed by atoms with Gasteiger partial charge in [-0.15, -0.1) is 0 Å². The van der Waals surface area contributed by atoms with Gasteiger partial charge < -0.3 is 5.32 Å². The number of fused-ring (bicyclic) bond motifs is 1. The van der Waals surface area contributed by atoms with E-state index in [0.717, 1.165) is 12.1 Å². The van der Waals surface area contributed by atoms with Crippen LogP contribution in [0.4, 0.5) is 13.2 Å². The fraction of sp³-hybridized carbons (Fsp3) is 0.185. The maximum absolute atomic E-state index is 14.8. The van der Waals surface area contributed by atoms with Crippen LogP contribution in [0.15, 0.2) is 71.5 Å². The number of pyridine rings is 1. The van der Waals surface area contributed by atoms with Crippen molar-refractivity contribution in [2.75, 3.05) is 0 Å². The predicted octanol–water partition coefficient (Wildman–Crippen LogP) is 5.82. The summed E-state index contributed by atoms with van der Waals surface area (Å²) in [5.41, 5.74) is 0.141. The summed E-state index contributed by atoms with van der Waals surface area (Å²) < 4.78 is 44.0. The van der Waals surface area contributed by atoms with Gasteiger partial charge in [0.05, 0.1) is 10.9 Å². The van der Waals surface area contributed by atoms with E-state index in [2.05, 4.69) is 5.32 Å². The van der Waals surface area contributed by atoms with Crippen molar-refractivity contribution in [3.63, 3.8) is 0 Å². The predicted molar refractivity (Wildman–Crippen MR) is 126 cm³/mol. The highest BCUT2D eigenvalue weighted by atomic mass is 19.1. The quantitative estimate of drug-likeness (QED) is 0.414. The largest absolute Gasteiger partial charge is 0.348 e. The summed E-state index contributed by atoms with van der Waals surface area (Å²) in [7, 11) is 0. The molecular weight excluding hydrogens is 441 g/mol. The third-order valence-electron chi connectivity index (χ3n) is 5.40. The van der Waals surface area contributed by atoms with Crippen molar-refractivity contribution in [3.8, 4) is 5.69 Å². The lowest BCUT2D eigenvalue weighted by molar-refractivity contribution is 0.0951. The Kier molecular flexibility index (Phi) is 6.82. The Morgan fingerprint density at radius 1 is 0.882 bits per heavy atom. The monoisotopic (exact) mass is 464 g/mol. The van der Waals surface area contributed by atoms with E-state index in [4.69, 9.17) is 0 Å². The SMILES string of the molecule is C1CC1.Cc1c(C(=O)NCc2cccc(F)c2)c2c(F)ccc(F)c2c(=O)n1-c1ccccc1. The standard InChI is InChI=1S/C24H17F3N2O2.C3H6/c1-14-20(23(30)28-13-15-6-5-7-16(25)12-15)21-18(26)10-11-19(27)22(21)24(31)29(14)17-8-3-2-4-9-17;1-2-3-1/h2-12H,13H2,1H3,(H,28,30);1-3H2. The first kappa shape index (κ1) is 23.3.